The molecular weight excluding hydrogens is 420 g/mol. The van der Waals surface area contributed by atoms with Crippen molar-refractivity contribution in [1.82, 2.24) is 14.9 Å². The van der Waals surface area contributed by atoms with Gasteiger partial charge in [-0.05, 0) is 60.7 Å². The van der Waals surface area contributed by atoms with Crippen molar-refractivity contribution >= 4 is 23.0 Å². The number of thiocarbonyl (C=S) groups is 1. The molecule has 160 valence electrons. The lowest BCUT2D eigenvalue weighted by Gasteiger charge is -2.29. The van der Waals surface area contributed by atoms with Crippen LogP contribution in [0.4, 0.5) is 5.69 Å². The SMILES string of the molecule is COc1ccccc1-n1cccc1[C@H]1[C@H](c2ccccn2)NC(=S)N1c1ccccc1O. The Labute approximate surface area is 191 Å². The van der Waals surface area contributed by atoms with Gasteiger partial charge in [-0.3, -0.25) is 4.98 Å². The smallest absolute Gasteiger partial charge is 0.174 e. The summed E-state index contributed by atoms with van der Waals surface area (Å²) in [5, 5.41) is 14.6. The van der Waals surface area contributed by atoms with E-state index in [0.717, 1.165) is 22.8 Å². The second-order valence-corrected chi connectivity index (χ2v) is 7.85. The summed E-state index contributed by atoms with van der Waals surface area (Å²) >= 11 is 5.76. The van der Waals surface area contributed by atoms with Gasteiger partial charge in [-0.2, -0.15) is 0 Å². The highest BCUT2D eigenvalue weighted by Crippen LogP contribution is 2.45. The topological polar surface area (TPSA) is 62.5 Å². The molecule has 7 heteroatoms. The molecule has 2 atom stereocenters. The van der Waals surface area contributed by atoms with Gasteiger partial charge in [0.2, 0.25) is 0 Å². The lowest BCUT2D eigenvalue weighted by atomic mass is 10.0. The van der Waals surface area contributed by atoms with Crippen molar-refractivity contribution in [1.29, 1.82) is 0 Å². The number of ether oxygens (including phenoxy) is 1. The maximum atomic E-state index is 10.7. The third-order valence-electron chi connectivity index (χ3n) is 5.67. The maximum Gasteiger partial charge on any atom is 0.174 e. The zero-order chi connectivity index (χ0) is 22.1. The first kappa shape index (κ1) is 20.1. The summed E-state index contributed by atoms with van der Waals surface area (Å²) < 4.78 is 7.72. The van der Waals surface area contributed by atoms with E-state index in [1.54, 1.807) is 25.4 Å². The van der Waals surface area contributed by atoms with E-state index in [1.165, 1.54) is 0 Å². The molecule has 0 bridgehead atoms. The van der Waals surface area contributed by atoms with Gasteiger partial charge < -0.3 is 24.6 Å². The molecule has 0 radical (unpaired) electrons. The highest BCUT2D eigenvalue weighted by Gasteiger charge is 2.43. The van der Waals surface area contributed by atoms with Crippen LogP contribution in [0.3, 0.4) is 0 Å². The average molecular weight is 443 g/mol. The number of nitrogens with zero attached hydrogens (tertiary/aromatic N) is 3. The molecule has 4 aromatic rings. The number of rotatable bonds is 5. The summed E-state index contributed by atoms with van der Waals surface area (Å²) in [6.45, 7) is 0. The molecule has 0 amide bonds. The van der Waals surface area contributed by atoms with Crippen LogP contribution in [0.2, 0.25) is 0 Å². The van der Waals surface area contributed by atoms with Crippen LogP contribution in [0.25, 0.3) is 5.69 Å². The molecule has 1 aliphatic heterocycles. The normalized spacial score (nSPS) is 17.9. The fraction of sp³-hybridized carbons (Fsp3) is 0.120. The molecule has 2 N–H and O–H groups in total. The van der Waals surface area contributed by atoms with Crippen molar-refractivity contribution in [2.45, 2.75) is 12.1 Å². The largest absolute Gasteiger partial charge is 0.506 e. The van der Waals surface area contributed by atoms with E-state index < -0.39 is 0 Å². The second kappa shape index (κ2) is 8.36. The van der Waals surface area contributed by atoms with Crippen molar-refractivity contribution in [2.24, 2.45) is 0 Å². The van der Waals surface area contributed by atoms with Gasteiger partial charge in [0.1, 0.15) is 17.5 Å². The molecule has 2 aromatic heterocycles. The number of anilines is 1. The number of nitrogens with one attached hydrogen (secondary N) is 1. The molecule has 1 saturated heterocycles. The predicted molar refractivity (Wildman–Crippen MR) is 128 cm³/mol. The first-order valence-electron chi connectivity index (χ1n) is 10.3. The van der Waals surface area contributed by atoms with E-state index in [4.69, 9.17) is 17.0 Å². The number of phenolic OH excluding ortho intramolecular Hbond substituents is 1. The van der Waals surface area contributed by atoms with Gasteiger partial charge in [0.15, 0.2) is 5.11 Å². The van der Waals surface area contributed by atoms with E-state index in [1.807, 2.05) is 71.8 Å². The number of aromatic hydroxyl groups is 1. The van der Waals surface area contributed by atoms with Gasteiger partial charge in [0.05, 0.1) is 30.2 Å². The van der Waals surface area contributed by atoms with Gasteiger partial charge in [-0.1, -0.05) is 30.3 Å². The Morgan fingerprint density at radius 1 is 0.938 bits per heavy atom. The molecule has 32 heavy (non-hydrogen) atoms. The molecule has 2 aromatic carbocycles. The lowest BCUT2D eigenvalue weighted by Crippen LogP contribution is -2.30. The van der Waals surface area contributed by atoms with Crippen molar-refractivity contribution in [3.63, 3.8) is 0 Å². The first-order valence-corrected chi connectivity index (χ1v) is 10.7. The number of pyridine rings is 1. The Morgan fingerprint density at radius 2 is 1.69 bits per heavy atom. The Morgan fingerprint density at radius 3 is 2.44 bits per heavy atom. The number of para-hydroxylation sites is 4. The number of phenols is 1. The number of aromatic nitrogens is 2. The van der Waals surface area contributed by atoms with E-state index in [2.05, 4.69) is 20.9 Å². The number of hydrogen-bond donors (Lipinski definition) is 2. The van der Waals surface area contributed by atoms with Crippen LogP contribution >= 0.6 is 12.2 Å². The Hall–Kier alpha value is -3.84. The molecule has 0 saturated carbocycles. The number of benzene rings is 2. The van der Waals surface area contributed by atoms with Crippen molar-refractivity contribution in [3.05, 3.63) is 103 Å². The summed E-state index contributed by atoms with van der Waals surface area (Å²) in [7, 11) is 1.67. The maximum absolute atomic E-state index is 10.7. The second-order valence-electron chi connectivity index (χ2n) is 7.46. The predicted octanol–water partition coefficient (Wildman–Crippen LogP) is 4.76. The summed E-state index contributed by atoms with van der Waals surface area (Å²) in [6, 6.07) is 24.5. The van der Waals surface area contributed by atoms with Crippen molar-refractivity contribution in [2.75, 3.05) is 12.0 Å². The van der Waals surface area contributed by atoms with Crippen LogP contribution in [-0.2, 0) is 0 Å². The molecule has 1 aliphatic rings. The highest BCUT2D eigenvalue weighted by atomic mass is 32.1. The lowest BCUT2D eigenvalue weighted by molar-refractivity contribution is 0.412. The van der Waals surface area contributed by atoms with E-state index in [9.17, 15) is 5.11 Å². The summed E-state index contributed by atoms with van der Waals surface area (Å²) in [5.74, 6) is 0.931. The Kier molecular flexibility index (Phi) is 5.25. The van der Waals surface area contributed by atoms with E-state index in [0.29, 0.717) is 10.8 Å². The Balaban J connectivity index is 1.70. The van der Waals surface area contributed by atoms with Gasteiger partial charge in [0, 0.05) is 18.1 Å². The summed E-state index contributed by atoms with van der Waals surface area (Å²) in [6.07, 6.45) is 3.78. The third kappa shape index (κ3) is 3.36. The zero-order valence-corrected chi connectivity index (χ0v) is 18.2. The molecule has 0 spiro atoms. The average Bonchev–Trinajstić information content (AvgIpc) is 3.44. The molecule has 0 aliphatic carbocycles. The fourth-order valence-electron chi connectivity index (χ4n) is 4.27. The van der Waals surface area contributed by atoms with Crippen molar-refractivity contribution < 1.29 is 9.84 Å². The number of hydrogen-bond acceptors (Lipinski definition) is 4. The van der Waals surface area contributed by atoms with Crippen LogP contribution in [0.15, 0.2) is 91.3 Å². The molecule has 5 rings (SSSR count). The standard InChI is InChI=1S/C25H22N4O2S/c1-31-22-14-5-3-11-19(22)28-16-8-12-20(28)24-23(17-9-6-7-15-26-17)27-25(32)29(24)18-10-2-4-13-21(18)30/h2-16,23-24,30H,1H3,(H,27,32)/t23-,24-/m0/s1. The number of methoxy groups -OCH3 is 1. The minimum atomic E-state index is -0.259. The van der Waals surface area contributed by atoms with Crippen molar-refractivity contribution in [3.8, 4) is 17.2 Å². The zero-order valence-electron chi connectivity index (χ0n) is 17.4. The van der Waals surface area contributed by atoms with Crippen LogP contribution in [0.5, 0.6) is 11.5 Å². The van der Waals surface area contributed by atoms with Crippen LogP contribution in [-0.4, -0.2) is 26.9 Å². The fourth-order valence-corrected chi connectivity index (χ4v) is 4.60. The monoisotopic (exact) mass is 442 g/mol. The van der Waals surface area contributed by atoms with E-state index >= 15 is 0 Å². The minimum absolute atomic E-state index is 0.165. The van der Waals surface area contributed by atoms with Gasteiger partial charge in [0.25, 0.3) is 0 Å². The highest BCUT2D eigenvalue weighted by molar-refractivity contribution is 7.80. The molecule has 0 unspecified atom stereocenters. The minimum Gasteiger partial charge on any atom is -0.506 e. The van der Waals surface area contributed by atoms with Crippen LogP contribution in [0, 0.1) is 0 Å². The molecular formula is C25H22N4O2S. The quantitative estimate of drug-likeness (QED) is 0.435. The molecule has 1 fully saturated rings. The summed E-state index contributed by atoms with van der Waals surface area (Å²) in [5.41, 5.74) is 3.41. The third-order valence-corrected chi connectivity index (χ3v) is 5.98. The van der Waals surface area contributed by atoms with Gasteiger partial charge in [-0.15, -0.1) is 0 Å². The first-order chi connectivity index (χ1) is 15.7. The van der Waals surface area contributed by atoms with Crippen LogP contribution in [0.1, 0.15) is 23.5 Å². The van der Waals surface area contributed by atoms with Crippen LogP contribution < -0.4 is 15.0 Å². The van der Waals surface area contributed by atoms with E-state index in [-0.39, 0.29) is 17.8 Å². The molecule has 6 nitrogen and oxygen atoms in total. The van der Waals surface area contributed by atoms with Gasteiger partial charge >= 0.3 is 0 Å². The van der Waals surface area contributed by atoms with Gasteiger partial charge in [-0.25, -0.2) is 0 Å². The Bertz CT molecular complexity index is 1260. The molecule has 3 heterocycles. The summed E-state index contributed by atoms with van der Waals surface area (Å²) in [4.78, 5) is 6.56.